The molecule has 1 aromatic carbocycles. The molecule has 0 aliphatic rings. The number of ether oxygens (including phenoxy) is 1. The summed E-state index contributed by atoms with van der Waals surface area (Å²) in [5.74, 6) is -0.241. The SMILES string of the molecule is CCc1ccc(CCOc2ccc(C[C@@H](N)C(=O)O)cc2)nc1. The molecule has 0 unspecified atom stereocenters. The van der Waals surface area contributed by atoms with Gasteiger partial charge in [-0.05, 0) is 42.2 Å². The van der Waals surface area contributed by atoms with Crippen LogP contribution >= 0.6 is 0 Å². The Morgan fingerprint density at radius 3 is 2.48 bits per heavy atom. The van der Waals surface area contributed by atoms with Crippen LogP contribution in [0.25, 0.3) is 0 Å². The van der Waals surface area contributed by atoms with Crippen LogP contribution in [0.3, 0.4) is 0 Å². The first-order valence-corrected chi connectivity index (χ1v) is 7.72. The van der Waals surface area contributed by atoms with E-state index in [4.69, 9.17) is 15.6 Å². The summed E-state index contributed by atoms with van der Waals surface area (Å²) in [4.78, 5) is 15.1. The lowest BCUT2D eigenvalue weighted by Crippen LogP contribution is -2.32. The molecule has 0 bridgehead atoms. The van der Waals surface area contributed by atoms with Crippen LogP contribution in [0.1, 0.15) is 23.7 Å². The molecule has 0 amide bonds. The van der Waals surface area contributed by atoms with Gasteiger partial charge in [0.1, 0.15) is 11.8 Å². The van der Waals surface area contributed by atoms with Crippen LogP contribution in [0, 0.1) is 0 Å². The van der Waals surface area contributed by atoms with Crippen molar-refractivity contribution in [3.8, 4) is 5.75 Å². The fourth-order valence-electron chi connectivity index (χ4n) is 2.15. The first-order valence-electron chi connectivity index (χ1n) is 7.72. The third kappa shape index (κ3) is 5.38. The van der Waals surface area contributed by atoms with E-state index in [0.29, 0.717) is 13.0 Å². The van der Waals surface area contributed by atoms with Crippen LogP contribution in [0.5, 0.6) is 5.75 Å². The fraction of sp³-hybridized carbons (Fsp3) is 0.333. The highest BCUT2D eigenvalue weighted by Crippen LogP contribution is 2.14. The highest BCUT2D eigenvalue weighted by Gasteiger charge is 2.11. The van der Waals surface area contributed by atoms with Crippen molar-refractivity contribution in [3.63, 3.8) is 0 Å². The lowest BCUT2D eigenvalue weighted by atomic mass is 10.1. The van der Waals surface area contributed by atoms with Crippen molar-refractivity contribution in [2.24, 2.45) is 5.73 Å². The number of nitrogens with zero attached hydrogens (tertiary/aromatic N) is 1. The van der Waals surface area contributed by atoms with E-state index in [1.807, 2.05) is 36.5 Å². The number of carboxylic acid groups (broad SMARTS) is 1. The van der Waals surface area contributed by atoms with Gasteiger partial charge in [-0.15, -0.1) is 0 Å². The molecule has 0 saturated heterocycles. The number of benzene rings is 1. The summed E-state index contributed by atoms with van der Waals surface area (Å²) in [6, 6.07) is 10.6. The summed E-state index contributed by atoms with van der Waals surface area (Å²) in [5.41, 5.74) is 8.63. The standard InChI is InChI=1S/C18H22N2O3/c1-2-13-3-6-15(20-12-13)9-10-23-16-7-4-14(5-8-16)11-17(19)18(21)22/h3-8,12,17H,2,9-11,19H2,1H3,(H,21,22)/t17-/m1/s1. The van der Waals surface area contributed by atoms with Crippen molar-refractivity contribution in [3.05, 3.63) is 59.4 Å². The number of carbonyl (C=O) groups is 1. The molecule has 0 aliphatic carbocycles. The Hall–Kier alpha value is -2.40. The van der Waals surface area contributed by atoms with Crippen molar-refractivity contribution in [1.29, 1.82) is 0 Å². The van der Waals surface area contributed by atoms with E-state index in [9.17, 15) is 4.79 Å². The van der Waals surface area contributed by atoms with E-state index >= 15 is 0 Å². The minimum absolute atomic E-state index is 0.309. The summed E-state index contributed by atoms with van der Waals surface area (Å²) < 4.78 is 5.69. The first-order chi connectivity index (χ1) is 11.1. The monoisotopic (exact) mass is 314 g/mol. The molecule has 0 radical (unpaired) electrons. The van der Waals surface area contributed by atoms with E-state index in [1.165, 1.54) is 5.56 Å². The smallest absolute Gasteiger partial charge is 0.320 e. The van der Waals surface area contributed by atoms with Crippen molar-refractivity contribution in [2.45, 2.75) is 32.2 Å². The number of hydrogen-bond acceptors (Lipinski definition) is 4. The van der Waals surface area contributed by atoms with E-state index in [1.54, 1.807) is 0 Å². The number of nitrogens with two attached hydrogens (primary N) is 1. The normalized spacial score (nSPS) is 11.9. The van der Waals surface area contributed by atoms with Gasteiger partial charge in [-0.1, -0.05) is 25.1 Å². The summed E-state index contributed by atoms with van der Waals surface area (Å²) in [6.07, 6.45) is 3.94. The summed E-state index contributed by atoms with van der Waals surface area (Å²) in [6.45, 7) is 2.65. The summed E-state index contributed by atoms with van der Waals surface area (Å²) in [5, 5.41) is 8.80. The second-order valence-electron chi connectivity index (χ2n) is 5.40. The van der Waals surface area contributed by atoms with Crippen LogP contribution in [-0.2, 0) is 24.1 Å². The zero-order valence-electron chi connectivity index (χ0n) is 13.2. The van der Waals surface area contributed by atoms with E-state index < -0.39 is 12.0 Å². The van der Waals surface area contributed by atoms with Gasteiger partial charge in [0.05, 0.1) is 6.61 Å². The van der Waals surface area contributed by atoms with Crippen molar-refractivity contribution in [2.75, 3.05) is 6.61 Å². The molecule has 3 N–H and O–H groups in total. The molecular formula is C18H22N2O3. The number of aromatic nitrogens is 1. The predicted octanol–water partition coefficient (Wildman–Crippen LogP) is 2.22. The molecule has 0 fully saturated rings. The summed E-state index contributed by atoms with van der Waals surface area (Å²) in [7, 11) is 0. The van der Waals surface area contributed by atoms with Crippen LogP contribution in [-0.4, -0.2) is 28.7 Å². The van der Waals surface area contributed by atoms with Gasteiger partial charge < -0.3 is 15.6 Å². The maximum atomic E-state index is 10.7. The number of hydrogen-bond donors (Lipinski definition) is 2. The molecule has 23 heavy (non-hydrogen) atoms. The Bertz CT molecular complexity index is 624. The van der Waals surface area contributed by atoms with Gasteiger partial charge in [0.2, 0.25) is 0 Å². The molecular weight excluding hydrogens is 292 g/mol. The van der Waals surface area contributed by atoms with Crippen LogP contribution in [0.4, 0.5) is 0 Å². The number of aliphatic carboxylic acids is 1. The molecule has 2 aromatic rings. The minimum atomic E-state index is -0.994. The van der Waals surface area contributed by atoms with E-state index in [-0.39, 0.29) is 0 Å². The Labute approximate surface area is 136 Å². The number of carboxylic acids is 1. The molecule has 1 aromatic heterocycles. The number of pyridine rings is 1. The molecule has 1 heterocycles. The largest absolute Gasteiger partial charge is 0.493 e. The average Bonchev–Trinajstić information content (AvgIpc) is 2.57. The first kappa shape index (κ1) is 17.0. The molecule has 122 valence electrons. The predicted molar refractivity (Wildman–Crippen MR) is 88.6 cm³/mol. The maximum Gasteiger partial charge on any atom is 0.320 e. The van der Waals surface area contributed by atoms with Gasteiger partial charge in [0.25, 0.3) is 0 Å². The summed E-state index contributed by atoms with van der Waals surface area (Å²) >= 11 is 0. The lowest BCUT2D eigenvalue weighted by molar-refractivity contribution is -0.138. The number of rotatable bonds is 8. The highest BCUT2D eigenvalue weighted by atomic mass is 16.5. The number of aryl methyl sites for hydroxylation is 1. The van der Waals surface area contributed by atoms with Gasteiger partial charge in [0.15, 0.2) is 0 Å². The molecule has 5 nitrogen and oxygen atoms in total. The lowest BCUT2D eigenvalue weighted by Gasteiger charge is -2.09. The Morgan fingerprint density at radius 1 is 1.22 bits per heavy atom. The van der Waals surface area contributed by atoms with Crippen molar-refractivity contribution in [1.82, 2.24) is 4.98 Å². The maximum absolute atomic E-state index is 10.7. The third-order valence-corrected chi connectivity index (χ3v) is 3.62. The molecule has 0 aliphatic heterocycles. The van der Waals surface area contributed by atoms with Gasteiger partial charge in [-0.3, -0.25) is 9.78 Å². The fourth-order valence-corrected chi connectivity index (χ4v) is 2.15. The quantitative estimate of drug-likeness (QED) is 0.780. The second kappa shape index (κ2) is 8.29. The van der Waals surface area contributed by atoms with Gasteiger partial charge in [-0.25, -0.2) is 0 Å². The zero-order valence-corrected chi connectivity index (χ0v) is 13.2. The van der Waals surface area contributed by atoms with Gasteiger partial charge in [0, 0.05) is 18.3 Å². The average molecular weight is 314 g/mol. The molecule has 5 heteroatoms. The Balaban J connectivity index is 1.80. The van der Waals surface area contributed by atoms with Crippen LogP contribution in [0.2, 0.25) is 0 Å². The zero-order chi connectivity index (χ0) is 16.7. The van der Waals surface area contributed by atoms with E-state index in [2.05, 4.69) is 18.0 Å². The van der Waals surface area contributed by atoms with Gasteiger partial charge in [-0.2, -0.15) is 0 Å². The molecule has 1 atom stereocenters. The molecule has 2 rings (SSSR count). The van der Waals surface area contributed by atoms with Crippen LogP contribution < -0.4 is 10.5 Å². The molecule has 0 spiro atoms. The van der Waals surface area contributed by atoms with Gasteiger partial charge >= 0.3 is 5.97 Å². The Morgan fingerprint density at radius 2 is 1.91 bits per heavy atom. The highest BCUT2D eigenvalue weighted by molar-refractivity contribution is 5.73. The molecule has 0 saturated carbocycles. The van der Waals surface area contributed by atoms with Crippen molar-refractivity contribution >= 4 is 5.97 Å². The van der Waals surface area contributed by atoms with E-state index in [0.717, 1.165) is 29.8 Å². The Kier molecular flexibility index (Phi) is 6.11. The minimum Gasteiger partial charge on any atom is -0.493 e. The third-order valence-electron chi connectivity index (χ3n) is 3.62. The van der Waals surface area contributed by atoms with Crippen LogP contribution in [0.15, 0.2) is 42.6 Å². The second-order valence-corrected chi connectivity index (χ2v) is 5.40. The topological polar surface area (TPSA) is 85.4 Å². The van der Waals surface area contributed by atoms with Crippen molar-refractivity contribution < 1.29 is 14.6 Å².